The standard InChI is InChI=1S/C17H18ClNO4/c1-21-15-4-2-3-5-16(15)23-12-17(20)19-10-11-22-14-8-6-13(18)7-9-14/h2-9H,10-12H2,1H3,(H,19,20). The zero-order chi connectivity index (χ0) is 16.5. The maximum atomic E-state index is 11.7. The molecule has 23 heavy (non-hydrogen) atoms. The van der Waals surface area contributed by atoms with Gasteiger partial charge in [-0.05, 0) is 36.4 Å². The van der Waals surface area contributed by atoms with Gasteiger partial charge < -0.3 is 19.5 Å². The van der Waals surface area contributed by atoms with E-state index in [1.165, 1.54) is 0 Å². The molecule has 0 spiro atoms. The van der Waals surface area contributed by atoms with Crippen molar-refractivity contribution in [2.45, 2.75) is 0 Å². The van der Waals surface area contributed by atoms with Gasteiger partial charge in [-0.25, -0.2) is 0 Å². The van der Waals surface area contributed by atoms with Crippen LogP contribution in [0.4, 0.5) is 0 Å². The van der Waals surface area contributed by atoms with E-state index in [1.807, 2.05) is 12.1 Å². The highest BCUT2D eigenvalue weighted by atomic mass is 35.5. The summed E-state index contributed by atoms with van der Waals surface area (Å²) >= 11 is 5.79. The number of hydrogen-bond acceptors (Lipinski definition) is 4. The van der Waals surface area contributed by atoms with Crippen LogP contribution in [-0.4, -0.2) is 32.8 Å². The fraction of sp³-hybridized carbons (Fsp3) is 0.235. The molecule has 5 nitrogen and oxygen atoms in total. The summed E-state index contributed by atoms with van der Waals surface area (Å²) in [5, 5.41) is 3.37. The molecule has 0 bridgehead atoms. The minimum absolute atomic E-state index is 0.0820. The third-order valence-corrected chi connectivity index (χ3v) is 3.19. The van der Waals surface area contributed by atoms with Crippen molar-refractivity contribution in [2.75, 3.05) is 26.9 Å². The highest BCUT2D eigenvalue weighted by Crippen LogP contribution is 2.25. The SMILES string of the molecule is COc1ccccc1OCC(=O)NCCOc1ccc(Cl)cc1. The Morgan fingerprint density at radius 3 is 2.43 bits per heavy atom. The molecule has 2 aromatic carbocycles. The summed E-state index contributed by atoms with van der Waals surface area (Å²) < 4.78 is 16.0. The van der Waals surface area contributed by atoms with Crippen molar-refractivity contribution in [3.8, 4) is 17.2 Å². The van der Waals surface area contributed by atoms with Crippen LogP contribution >= 0.6 is 11.6 Å². The molecule has 2 rings (SSSR count). The molecule has 0 aromatic heterocycles. The van der Waals surface area contributed by atoms with Crippen molar-refractivity contribution >= 4 is 17.5 Å². The Balaban J connectivity index is 1.66. The molecule has 0 unspecified atom stereocenters. The molecular weight excluding hydrogens is 318 g/mol. The molecule has 0 radical (unpaired) electrons. The summed E-state index contributed by atoms with van der Waals surface area (Å²) in [5.74, 6) is 1.60. The average molecular weight is 336 g/mol. The fourth-order valence-electron chi connectivity index (χ4n) is 1.82. The first-order valence-electron chi connectivity index (χ1n) is 7.10. The smallest absolute Gasteiger partial charge is 0.258 e. The lowest BCUT2D eigenvalue weighted by atomic mass is 10.3. The molecule has 0 heterocycles. The predicted molar refractivity (Wildman–Crippen MR) is 88.4 cm³/mol. The number of amides is 1. The molecule has 0 aliphatic carbocycles. The molecule has 0 aliphatic rings. The lowest BCUT2D eigenvalue weighted by Gasteiger charge is -2.11. The normalized spacial score (nSPS) is 10.0. The second-order valence-corrected chi connectivity index (χ2v) is 5.03. The van der Waals surface area contributed by atoms with Crippen LogP contribution < -0.4 is 19.5 Å². The maximum absolute atomic E-state index is 11.7. The van der Waals surface area contributed by atoms with E-state index in [9.17, 15) is 4.79 Å². The first-order valence-corrected chi connectivity index (χ1v) is 7.47. The molecule has 0 aliphatic heterocycles. The average Bonchev–Trinajstić information content (AvgIpc) is 2.58. The molecule has 0 fully saturated rings. The van der Waals surface area contributed by atoms with Crippen LogP contribution in [0.1, 0.15) is 0 Å². The Morgan fingerprint density at radius 2 is 1.74 bits per heavy atom. The van der Waals surface area contributed by atoms with Gasteiger partial charge in [0.2, 0.25) is 0 Å². The third-order valence-electron chi connectivity index (χ3n) is 2.93. The van der Waals surface area contributed by atoms with E-state index in [1.54, 1.807) is 43.5 Å². The summed E-state index contributed by atoms with van der Waals surface area (Å²) in [5.41, 5.74) is 0. The Hall–Kier alpha value is -2.40. The summed E-state index contributed by atoms with van der Waals surface area (Å²) in [7, 11) is 1.55. The lowest BCUT2D eigenvalue weighted by Crippen LogP contribution is -2.32. The zero-order valence-electron chi connectivity index (χ0n) is 12.8. The van der Waals surface area contributed by atoms with Gasteiger partial charge >= 0.3 is 0 Å². The quantitative estimate of drug-likeness (QED) is 0.754. The summed E-state index contributed by atoms with van der Waals surface area (Å²) in [4.78, 5) is 11.7. The van der Waals surface area contributed by atoms with E-state index >= 15 is 0 Å². The van der Waals surface area contributed by atoms with Crippen LogP contribution in [0.5, 0.6) is 17.2 Å². The third kappa shape index (κ3) is 5.71. The van der Waals surface area contributed by atoms with Crippen LogP contribution in [0, 0.1) is 0 Å². The number of ether oxygens (including phenoxy) is 3. The Labute approximate surface area is 140 Å². The summed E-state index contributed by atoms with van der Waals surface area (Å²) in [6.07, 6.45) is 0. The molecule has 0 saturated carbocycles. The van der Waals surface area contributed by atoms with Crippen molar-refractivity contribution in [3.63, 3.8) is 0 Å². The van der Waals surface area contributed by atoms with Gasteiger partial charge in [-0.15, -0.1) is 0 Å². The van der Waals surface area contributed by atoms with Gasteiger partial charge in [-0.1, -0.05) is 23.7 Å². The van der Waals surface area contributed by atoms with Gasteiger partial charge in [0.15, 0.2) is 18.1 Å². The Bertz CT molecular complexity index is 631. The predicted octanol–water partition coefficient (Wildman–Crippen LogP) is 2.92. The molecule has 0 atom stereocenters. The lowest BCUT2D eigenvalue weighted by molar-refractivity contribution is -0.123. The van der Waals surface area contributed by atoms with E-state index < -0.39 is 0 Å². The van der Waals surface area contributed by atoms with Gasteiger partial charge in [0.05, 0.1) is 13.7 Å². The minimum atomic E-state index is -0.226. The number of carbonyl (C=O) groups excluding carboxylic acids is 1. The number of benzene rings is 2. The number of nitrogens with one attached hydrogen (secondary N) is 1. The summed E-state index contributed by atoms with van der Waals surface area (Å²) in [6.45, 7) is 0.667. The van der Waals surface area contributed by atoms with Crippen LogP contribution in [0.2, 0.25) is 5.02 Å². The first kappa shape index (κ1) is 17.0. The molecule has 0 saturated heterocycles. The number of para-hydroxylation sites is 2. The fourth-order valence-corrected chi connectivity index (χ4v) is 1.95. The van der Waals surface area contributed by atoms with Crippen LogP contribution in [0.15, 0.2) is 48.5 Å². The Kier molecular flexibility index (Phi) is 6.56. The number of methoxy groups -OCH3 is 1. The van der Waals surface area contributed by atoms with E-state index in [4.69, 9.17) is 25.8 Å². The van der Waals surface area contributed by atoms with Gasteiger partial charge in [0.25, 0.3) is 5.91 Å². The van der Waals surface area contributed by atoms with E-state index in [0.717, 1.165) is 0 Å². The second-order valence-electron chi connectivity index (χ2n) is 4.59. The molecular formula is C17H18ClNO4. The summed E-state index contributed by atoms with van der Waals surface area (Å²) in [6, 6.07) is 14.2. The van der Waals surface area contributed by atoms with Gasteiger partial charge in [0.1, 0.15) is 12.4 Å². The van der Waals surface area contributed by atoms with Crippen LogP contribution in [0.3, 0.4) is 0 Å². The molecule has 1 amide bonds. The largest absolute Gasteiger partial charge is 0.493 e. The van der Waals surface area contributed by atoms with E-state index in [-0.39, 0.29) is 12.5 Å². The van der Waals surface area contributed by atoms with Crippen molar-refractivity contribution in [1.82, 2.24) is 5.32 Å². The van der Waals surface area contributed by atoms with Gasteiger partial charge in [0, 0.05) is 5.02 Å². The van der Waals surface area contributed by atoms with Gasteiger partial charge in [-0.2, -0.15) is 0 Å². The van der Waals surface area contributed by atoms with E-state index in [2.05, 4.69) is 5.32 Å². The zero-order valence-corrected chi connectivity index (χ0v) is 13.5. The molecule has 1 N–H and O–H groups in total. The maximum Gasteiger partial charge on any atom is 0.258 e. The highest BCUT2D eigenvalue weighted by molar-refractivity contribution is 6.30. The van der Waals surface area contributed by atoms with Crippen LogP contribution in [0.25, 0.3) is 0 Å². The highest BCUT2D eigenvalue weighted by Gasteiger charge is 2.06. The first-order chi connectivity index (χ1) is 11.2. The molecule has 122 valence electrons. The topological polar surface area (TPSA) is 56.8 Å². The van der Waals surface area contributed by atoms with Crippen molar-refractivity contribution in [1.29, 1.82) is 0 Å². The number of hydrogen-bond donors (Lipinski definition) is 1. The number of rotatable bonds is 8. The van der Waals surface area contributed by atoms with Gasteiger partial charge in [-0.3, -0.25) is 4.79 Å². The van der Waals surface area contributed by atoms with E-state index in [0.29, 0.717) is 35.4 Å². The second kappa shape index (κ2) is 8.90. The minimum Gasteiger partial charge on any atom is -0.493 e. The number of halogens is 1. The van der Waals surface area contributed by atoms with Crippen molar-refractivity contribution < 1.29 is 19.0 Å². The monoisotopic (exact) mass is 335 g/mol. The van der Waals surface area contributed by atoms with Crippen molar-refractivity contribution in [3.05, 3.63) is 53.6 Å². The Morgan fingerprint density at radius 1 is 1.04 bits per heavy atom. The number of carbonyl (C=O) groups is 1. The molecule has 2 aromatic rings. The van der Waals surface area contributed by atoms with Crippen LogP contribution in [-0.2, 0) is 4.79 Å². The molecule has 6 heteroatoms. The van der Waals surface area contributed by atoms with Crippen molar-refractivity contribution in [2.24, 2.45) is 0 Å².